The minimum atomic E-state index is 0.213. The summed E-state index contributed by atoms with van der Waals surface area (Å²) in [5.74, 6) is 0.955. The minimum Gasteiger partial charge on any atom is -0.489 e. The lowest BCUT2D eigenvalue weighted by Gasteiger charge is -2.15. The molecule has 1 atom stereocenters. The van der Waals surface area contributed by atoms with E-state index in [0.717, 1.165) is 24.8 Å². The maximum atomic E-state index is 5.94. The summed E-state index contributed by atoms with van der Waals surface area (Å²) >= 11 is 0. The lowest BCUT2D eigenvalue weighted by Crippen LogP contribution is -2.30. The SMILES string of the molecule is CC(CNC1CC1)Oc1ccc(Cc2ccccc2)cc1. The number of hydrogen-bond donors (Lipinski definition) is 1. The molecule has 0 heterocycles. The fourth-order valence-corrected chi connectivity index (χ4v) is 2.41. The van der Waals surface area contributed by atoms with E-state index in [0.29, 0.717) is 0 Å². The van der Waals surface area contributed by atoms with Gasteiger partial charge in [0.15, 0.2) is 0 Å². The Morgan fingerprint density at radius 3 is 2.33 bits per heavy atom. The Balaban J connectivity index is 1.51. The molecule has 2 aromatic rings. The van der Waals surface area contributed by atoms with E-state index in [9.17, 15) is 0 Å². The van der Waals surface area contributed by atoms with Crippen LogP contribution in [0.3, 0.4) is 0 Å². The molecule has 0 saturated heterocycles. The minimum absolute atomic E-state index is 0.213. The van der Waals surface area contributed by atoms with Crippen LogP contribution < -0.4 is 10.1 Å². The number of hydrogen-bond acceptors (Lipinski definition) is 2. The van der Waals surface area contributed by atoms with Gasteiger partial charge in [0.1, 0.15) is 11.9 Å². The molecule has 1 unspecified atom stereocenters. The summed E-state index contributed by atoms with van der Waals surface area (Å²) in [4.78, 5) is 0. The topological polar surface area (TPSA) is 21.3 Å². The Hall–Kier alpha value is -1.80. The Kier molecular flexibility index (Phi) is 4.56. The van der Waals surface area contributed by atoms with Crippen LogP contribution in [0.5, 0.6) is 5.75 Å². The molecule has 2 aromatic carbocycles. The molecule has 1 N–H and O–H groups in total. The van der Waals surface area contributed by atoms with Crippen molar-refractivity contribution in [3.8, 4) is 5.75 Å². The summed E-state index contributed by atoms with van der Waals surface area (Å²) in [5.41, 5.74) is 2.66. The molecule has 0 amide bonds. The smallest absolute Gasteiger partial charge is 0.119 e. The third-order valence-electron chi connectivity index (χ3n) is 3.78. The molecule has 1 saturated carbocycles. The normalized spacial score (nSPS) is 15.7. The van der Waals surface area contributed by atoms with E-state index in [1.807, 2.05) is 0 Å². The first-order valence-corrected chi connectivity index (χ1v) is 7.82. The molecule has 2 nitrogen and oxygen atoms in total. The average molecular weight is 281 g/mol. The average Bonchev–Trinajstić information content (AvgIpc) is 3.33. The van der Waals surface area contributed by atoms with Gasteiger partial charge < -0.3 is 10.1 Å². The summed E-state index contributed by atoms with van der Waals surface area (Å²) in [5, 5.41) is 3.50. The van der Waals surface area contributed by atoms with Gasteiger partial charge in [-0.25, -0.2) is 0 Å². The van der Waals surface area contributed by atoms with Gasteiger partial charge in [-0.15, -0.1) is 0 Å². The Morgan fingerprint density at radius 1 is 1.00 bits per heavy atom. The van der Waals surface area contributed by atoms with Crippen molar-refractivity contribution in [2.75, 3.05) is 6.54 Å². The molecular weight excluding hydrogens is 258 g/mol. The summed E-state index contributed by atoms with van der Waals surface area (Å²) in [6, 6.07) is 19.8. The van der Waals surface area contributed by atoms with E-state index >= 15 is 0 Å². The van der Waals surface area contributed by atoms with E-state index < -0.39 is 0 Å². The molecule has 1 aliphatic rings. The van der Waals surface area contributed by atoms with Crippen LogP contribution in [0.4, 0.5) is 0 Å². The first-order chi connectivity index (χ1) is 10.3. The Morgan fingerprint density at radius 2 is 1.67 bits per heavy atom. The van der Waals surface area contributed by atoms with E-state index in [2.05, 4.69) is 66.8 Å². The zero-order chi connectivity index (χ0) is 14.5. The molecule has 0 radical (unpaired) electrons. The second-order valence-corrected chi connectivity index (χ2v) is 5.92. The predicted molar refractivity (Wildman–Crippen MR) is 86.8 cm³/mol. The number of benzene rings is 2. The van der Waals surface area contributed by atoms with Gasteiger partial charge >= 0.3 is 0 Å². The van der Waals surface area contributed by atoms with Crippen LogP contribution in [0.15, 0.2) is 54.6 Å². The van der Waals surface area contributed by atoms with E-state index in [4.69, 9.17) is 4.74 Å². The van der Waals surface area contributed by atoms with Crippen molar-refractivity contribution in [3.05, 3.63) is 65.7 Å². The second-order valence-electron chi connectivity index (χ2n) is 5.92. The highest BCUT2D eigenvalue weighted by molar-refractivity contribution is 5.31. The molecule has 0 aliphatic heterocycles. The molecule has 0 bridgehead atoms. The van der Waals surface area contributed by atoms with Gasteiger partial charge in [0.2, 0.25) is 0 Å². The summed E-state index contributed by atoms with van der Waals surface area (Å²) in [6.45, 7) is 3.05. The van der Waals surface area contributed by atoms with Gasteiger partial charge in [0.05, 0.1) is 0 Å². The molecular formula is C19H23NO. The largest absolute Gasteiger partial charge is 0.489 e. The quantitative estimate of drug-likeness (QED) is 0.833. The molecule has 1 aliphatic carbocycles. The van der Waals surface area contributed by atoms with Crippen LogP contribution >= 0.6 is 0 Å². The van der Waals surface area contributed by atoms with Crippen LogP contribution in [-0.4, -0.2) is 18.7 Å². The highest BCUT2D eigenvalue weighted by Gasteiger charge is 2.21. The van der Waals surface area contributed by atoms with Gasteiger partial charge in [-0.3, -0.25) is 0 Å². The maximum Gasteiger partial charge on any atom is 0.119 e. The molecule has 2 heteroatoms. The zero-order valence-corrected chi connectivity index (χ0v) is 12.6. The Labute approximate surface area is 127 Å². The highest BCUT2D eigenvalue weighted by atomic mass is 16.5. The van der Waals surface area contributed by atoms with Crippen LogP contribution in [0, 0.1) is 0 Å². The van der Waals surface area contributed by atoms with Crippen LogP contribution in [0.1, 0.15) is 30.9 Å². The van der Waals surface area contributed by atoms with Gasteiger partial charge in [-0.1, -0.05) is 42.5 Å². The molecule has 21 heavy (non-hydrogen) atoms. The standard InChI is InChI=1S/C19H23NO/c1-15(14-20-18-9-10-18)21-19-11-7-17(8-12-19)13-16-5-3-2-4-6-16/h2-8,11-12,15,18,20H,9-10,13-14H2,1H3. The van der Waals surface area contributed by atoms with Crippen LogP contribution in [0.25, 0.3) is 0 Å². The van der Waals surface area contributed by atoms with E-state index in [1.54, 1.807) is 0 Å². The summed E-state index contributed by atoms with van der Waals surface area (Å²) in [6.07, 6.45) is 3.83. The van der Waals surface area contributed by atoms with Gasteiger partial charge in [0.25, 0.3) is 0 Å². The summed E-state index contributed by atoms with van der Waals surface area (Å²) < 4.78 is 5.94. The molecule has 0 spiro atoms. The van der Waals surface area contributed by atoms with Crippen molar-refractivity contribution >= 4 is 0 Å². The third kappa shape index (κ3) is 4.61. The van der Waals surface area contributed by atoms with Crippen molar-refractivity contribution in [1.29, 1.82) is 0 Å². The first-order valence-electron chi connectivity index (χ1n) is 7.82. The van der Waals surface area contributed by atoms with Gasteiger partial charge in [0, 0.05) is 12.6 Å². The molecule has 3 rings (SSSR count). The van der Waals surface area contributed by atoms with Gasteiger partial charge in [-0.2, -0.15) is 0 Å². The Bertz CT molecular complexity index is 546. The first kappa shape index (κ1) is 14.2. The molecule has 110 valence electrons. The maximum absolute atomic E-state index is 5.94. The fourth-order valence-electron chi connectivity index (χ4n) is 2.41. The third-order valence-corrected chi connectivity index (χ3v) is 3.78. The van der Waals surface area contributed by atoms with E-state index in [1.165, 1.54) is 24.0 Å². The molecule has 0 aromatic heterocycles. The van der Waals surface area contributed by atoms with Crippen molar-refractivity contribution in [1.82, 2.24) is 5.32 Å². The number of rotatable bonds is 7. The van der Waals surface area contributed by atoms with Crippen LogP contribution in [0.2, 0.25) is 0 Å². The van der Waals surface area contributed by atoms with E-state index in [-0.39, 0.29) is 6.10 Å². The van der Waals surface area contributed by atoms with Crippen molar-refractivity contribution in [2.24, 2.45) is 0 Å². The van der Waals surface area contributed by atoms with Crippen molar-refractivity contribution < 1.29 is 4.74 Å². The monoisotopic (exact) mass is 281 g/mol. The van der Waals surface area contributed by atoms with Crippen molar-refractivity contribution in [3.63, 3.8) is 0 Å². The number of nitrogens with one attached hydrogen (secondary N) is 1. The summed E-state index contributed by atoms with van der Waals surface area (Å²) in [7, 11) is 0. The zero-order valence-electron chi connectivity index (χ0n) is 12.6. The number of ether oxygens (including phenoxy) is 1. The van der Waals surface area contributed by atoms with Gasteiger partial charge in [-0.05, 0) is 49.4 Å². The second kappa shape index (κ2) is 6.77. The lowest BCUT2D eigenvalue weighted by atomic mass is 10.1. The highest BCUT2D eigenvalue weighted by Crippen LogP contribution is 2.19. The molecule has 1 fully saturated rings. The van der Waals surface area contributed by atoms with Crippen molar-refractivity contribution in [2.45, 2.75) is 38.3 Å². The van der Waals surface area contributed by atoms with Crippen LogP contribution in [-0.2, 0) is 6.42 Å². The fraction of sp³-hybridized carbons (Fsp3) is 0.368. The lowest BCUT2D eigenvalue weighted by molar-refractivity contribution is 0.216. The predicted octanol–water partition coefficient (Wildman–Crippen LogP) is 3.80.